The summed E-state index contributed by atoms with van der Waals surface area (Å²) >= 11 is 0. The predicted octanol–water partition coefficient (Wildman–Crippen LogP) is 2.38. The van der Waals surface area contributed by atoms with Gasteiger partial charge in [0.05, 0.1) is 20.3 Å². The summed E-state index contributed by atoms with van der Waals surface area (Å²) < 4.78 is 16.5. The Morgan fingerprint density at radius 1 is 1.00 bits per heavy atom. The second kappa shape index (κ2) is 7.82. The van der Waals surface area contributed by atoms with E-state index in [0.29, 0.717) is 25.5 Å². The van der Waals surface area contributed by atoms with Crippen molar-refractivity contribution in [2.45, 2.75) is 26.7 Å². The summed E-state index contributed by atoms with van der Waals surface area (Å²) in [5, 5.41) is 0. The zero-order valence-corrected chi connectivity index (χ0v) is 11.5. The van der Waals surface area contributed by atoms with Gasteiger partial charge in [-0.1, -0.05) is 0 Å². The first-order valence-corrected chi connectivity index (χ1v) is 6.43. The first-order valence-electron chi connectivity index (χ1n) is 6.43. The molecule has 0 spiro atoms. The Balaban J connectivity index is 3.06. The number of rotatable bonds is 8. The molecule has 18 heavy (non-hydrogen) atoms. The second-order valence-electron chi connectivity index (χ2n) is 3.87. The quantitative estimate of drug-likeness (QED) is 0.773. The molecular weight excluding hydrogens is 230 g/mol. The van der Waals surface area contributed by atoms with Crippen LogP contribution in [-0.4, -0.2) is 26.9 Å². The van der Waals surface area contributed by atoms with Crippen molar-refractivity contribution in [2.24, 2.45) is 5.73 Å². The standard InChI is InChI=1S/C14H23NO3/c1-4-17-12-10-13(16-3)14(18-5-2)9-11(12)7-6-8-15/h9-10H,4-8,15H2,1-3H3. The second-order valence-corrected chi connectivity index (χ2v) is 3.87. The van der Waals surface area contributed by atoms with E-state index in [2.05, 4.69) is 0 Å². The maximum atomic E-state index is 5.63. The van der Waals surface area contributed by atoms with Crippen molar-refractivity contribution in [3.8, 4) is 17.2 Å². The third-order valence-electron chi connectivity index (χ3n) is 2.60. The molecular formula is C14H23NO3. The van der Waals surface area contributed by atoms with Gasteiger partial charge in [-0.2, -0.15) is 0 Å². The van der Waals surface area contributed by atoms with E-state index in [1.165, 1.54) is 0 Å². The minimum atomic E-state index is 0.612. The van der Waals surface area contributed by atoms with Crippen molar-refractivity contribution in [2.75, 3.05) is 26.9 Å². The highest BCUT2D eigenvalue weighted by molar-refractivity contribution is 5.50. The van der Waals surface area contributed by atoms with Crippen molar-refractivity contribution in [1.29, 1.82) is 0 Å². The Hall–Kier alpha value is -1.42. The van der Waals surface area contributed by atoms with Gasteiger partial charge in [0.2, 0.25) is 0 Å². The molecule has 2 N–H and O–H groups in total. The fourth-order valence-electron chi connectivity index (χ4n) is 1.79. The molecule has 0 radical (unpaired) electrons. The summed E-state index contributed by atoms with van der Waals surface area (Å²) in [6.45, 7) is 5.83. The minimum Gasteiger partial charge on any atom is -0.493 e. The summed E-state index contributed by atoms with van der Waals surface area (Å²) in [5.41, 5.74) is 6.67. The van der Waals surface area contributed by atoms with Gasteiger partial charge in [0.1, 0.15) is 5.75 Å². The molecule has 0 aliphatic carbocycles. The van der Waals surface area contributed by atoms with Crippen LogP contribution in [0.2, 0.25) is 0 Å². The van der Waals surface area contributed by atoms with Crippen LogP contribution < -0.4 is 19.9 Å². The first kappa shape index (κ1) is 14.6. The topological polar surface area (TPSA) is 53.7 Å². The molecule has 1 rings (SSSR count). The van der Waals surface area contributed by atoms with E-state index in [1.54, 1.807) is 7.11 Å². The van der Waals surface area contributed by atoms with Gasteiger partial charge in [-0.3, -0.25) is 0 Å². The van der Waals surface area contributed by atoms with Crippen LogP contribution in [0.4, 0.5) is 0 Å². The number of methoxy groups -OCH3 is 1. The van der Waals surface area contributed by atoms with Crippen molar-refractivity contribution in [1.82, 2.24) is 0 Å². The zero-order valence-electron chi connectivity index (χ0n) is 11.5. The average Bonchev–Trinajstić information content (AvgIpc) is 2.38. The molecule has 0 amide bonds. The number of hydrogen-bond donors (Lipinski definition) is 1. The Bertz CT molecular complexity index is 366. The van der Waals surface area contributed by atoms with Crippen LogP contribution in [0.15, 0.2) is 12.1 Å². The third-order valence-corrected chi connectivity index (χ3v) is 2.60. The van der Waals surface area contributed by atoms with E-state index in [0.717, 1.165) is 29.9 Å². The van der Waals surface area contributed by atoms with Crippen molar-refractivity contribution in [3.05, 3.63) is 17.7 Å². The monoisotopic (exact) mass is 253 g/mol. The first-order chi connectivity index (χ1) is 8.76. The highest BCUT2D eigenvalue weighted by Gasteiger charge is 2.12. The zero-order chi connectivity index (χ0) is 13.4. The number of benzene rings is 1. The molecule has 0 saturated heterocycles. The minimum absolute atomic E-state index is 0.612. The molecule has 0 unspecified atom stereocenters. The van der Waals surface area contributed by atoms with Gasteiger partial charge in [-0.15, -0.1) is 0 Å². The van der Waals surface area contributed by atoms with Gasteiger partial charge in [-0.05, 0) is 44.9 Å². The molecule has 0 aliphatic heterocycles. The van der Waals surface area contributed by atoms with Crippen LogP contribution in [0.3, 0.4) is 0 Å². The highest BCUT2D eigenvalue weighted by Crippen LogP contribution is 2.35. The van der Waals surface area contributed by atoms with Gasteiger partial charge in [0.25, 0.3) is 0 Å². The van der Waals surface area contributed by atoms with Gasteiger partial charge < -0.3 is 19.9 Å². The molecule has 0 fully saturated rings. The number of aryl methyl sites for hydroxylation is 1. The van der Waals surface area contributed by atoms with Crippen LogP contribution in [0.1, 0.15) is 25.8 Å². The van der Waals surface area contributed by atoms with Gasteiger partial charge >= 0.3 is 0 Å². The smallest absolute Gasteiger partial charge is 0.164 e. The molecule has 0 heterocycles. The Kier molecular flexibility index (Phi) is 6.36. The molecule has 0 aliphatic rings. The maximum Gasteiger partial charge on any atom is 0.164 e. The van der Waals surface area contributed by atoms with E-state index in [4.69, 9.17) is 19.9 Å². The lowest BCUT2D eigenvalue weighted by Gasteiger charge is -2.15. The SMILES string of the molecule is CCOc1cc(OC)c(OCC)cc1CCCN. The molecule has 1 aromatic carbocycles. The number of hydrogen-bond acceptors (Lipinski definition) is 4. The van der Waals surface area contributed by atoms with Crippen molar-refractivity contribution in [3.63, 3.8) is 0 Å². The number of ether oxygens (including phenoxy) is 3. The van der Waals surface area contributed by atoms with E-state index in [9.17, 15) is 0 Å². The Morgan fingerprint density at radius 3 is 2.22 bits per heavy atom. The van der Waals surface area contributed by atoms with E-state index in [1.807, 2.05) is 26.0 Å². The molecule has 0 aromatic heterocycles. The van der Waals surface area contributed by atoms with Crippen molar-refractivity contribution >= 4 is 0 Å². The average molecular weight is 253 g/mol. The molecule has 0 atom stereocenters. The summed E-state index contributed by atoms with van der Waals surface area (Å²) in [6, 6.07) is 3.88. The Morgan fingerprint density at radius 2 is 1.67 bits per heavy atom. The largest absolute Gasteiger partial charge is 0.493 e. The van der Waals surface area contributed by atoms with Crippen LogP contribution in [0.5, 0.6) is 17.2 Å². The summed E-state index contributed by atoms with van der Waals surface area (Å²) in [5.74, 6) is 2.32. The van der Waals surface area contributed by atoms with Gasteiger partial charge in [0.15, 0.2) is 11.5 Å². The summed E-state index contributed by atoms with van der Waals surface area (Å²) in [6.07, 6.45) is 1.81. The normalized spacial score (nSPS) is 10.2. The van der Waals surface area contributed by atoms with E-state index >= 15 is 0 Å². The van der Waals surface area contributed by atoms with Gasteiger partial charge in [0, 0.05) is 6.07 Å². The molecule has 0 saturated carbocycles. The van der Waals surface area contributed by atoms with E-state index in [-0.39, 0.29) is 0 Å². The molecule has 4 nitrogen and oxygen atoms in total. The van der Waals surface area contributed by atoms with Gasteiger partial charge in [-0.25, -0.2) is 0 Å². The summed E-state index contributed by atoms with van der Waals surface area (Å²) in [4.78, 5) is 0. The lowest BCUT2D eigenvalue weighted by molar-refractivity contribution is 0.302. The number of nitrogens with two attached hydrogens (primary N) is 1. The Labute approximate surface area is 109 Å². The van der Waals surface area contributed by atoms with Crippen LogP contribution >= 0.6 is 0 Å². The van der Waals surface area contributed by atoms with Crippen LogP contribution in [0, 0.1) is 0 Å². The summed E-state index contributed by atoms with van der Waals surface area (Å²) in [7, 11) is 1.63. The predicted molar refractivity (Wildman–Crippen MR) is 72.7 cm³/mol. The molecule has 1 aromatic rings. The molecule has 0 bridgehead atoms. The third kappa shape index (κ3) is 3.81. The highest BCUT2D eigenvalue weighted by atomic mass is 16.5. The van der Waals surface area contributed by atoms with Crippen LogP contribution in [0.25, 0.3) is 0 Å². The maximum absolute atomic E-state index is 5.63. The molecule has 4 heteroatoms. The van der Waals surface area contributed by atoms with Crippen LogP contribution in [-0.2, 0) is 6.42 Å². The molecule has 102 valence electrons. The lowest BCUT2D eigenvalue weighted by atomic mass is 10.1. The van der Waals surface area contributed by atoms with E-state index < -0.39 is 0 Å². The lowest BCUT2D eigenvalue weighted by Crippen LogP contribution is -2.04. The fourth-order valence-corrected chi connectivity index (χ4v) is 1.79. The van der Waals surface area contributed by atoms with Crippen molar-refractivity contribution < 1.29 is 14.2 Å². The fraction of sp³-hybridized carbons (Fsp3) is 0.571.